The second-order valence-corrected chi connectivity index (χ2v) is 4.28. The van der Waals surface area contributed by atoms with E-state index >= 15 is 0 Å². The van der Waals surface area contributed by atoms with E-state index < -0.39 is 16.7 Å². The molecule has 2 aromatic rings. The summed E-state index contributed by atoms with van der Waals surface area (Å²) in [5, 5.41) is 22.2. The number of benzene rings is 2. The van der Waals surface area contributed by atoms with Crippen LogP contribution in [0.15, 0.2) is 42.5 Å². The van der Waals surface area contributed by atoms with E-state index in [0.29, 0.717) is 0 Å². The first-order valence-corrected chi connectivity index (χ1v) is 5.97. The van der Waals surface area contributed by atoms with Crippen molar-refractivity contribution >= 4 is 17.3 Å². The number of hydrogen-bond acceptors (Lipinski definition) is 4. The largest absolute Gasteiger partial charge is 0.478 e. The molecule has 108 valence electrons. The Hall–Kier alpha value is -2.96. The van der Waals surface area contributed by atoms with E-state index in [1.165, 1.54) is 12.1 Å². The van der Waals surface area contributed by atoms with E-state index in [1.807, 2.05) is 0 Å². The van der Waals surface area contributed by atoms with Gasteiger partial charge in [-0.05, 0) is 23.8 Å². The summed E-state index contributed by atoms with van der Waals surface area (Å²) in [4.78, 5) is 20.7. The molecule has 0 bridgehead atoms. The Morgan fingerprint density at radius 2 is 1.90 bits per heavy atom. The van der Waals surface area contributed by atoms with Crippen LogP contribution in [0.5, 0.6) is 0 Å². The lowest BCUT2D eigenvalue weighted by molar-refractivity contribution is -0.384. The van der Waals surface area contributed by atoms with Gasteiger partial charge in [-0.3, -0.25) is 10.1 Å². The highest BCUT2D eigenvalue weighted by Crippen LogP contribution is 2.21. The number of carboxylic acid groups (broad SMARTS) is 1. The summed E-state index contributed by atoms with van der Waals surface area (Å²) >= 11 is 0. The van der Waals surface area contributed by atoms with Crippen molar-refractivity contribution in [3.8, 4) is 0 Å². The SMILES string of the molecule is O=C(O)c1ccc(CNc2cc([N+](=O)[O-])ccc2F)cc1. The van der Waals surface area contributed by atoms with Gasteiger partial charge < -0.3 is 10.4 Å². The van der Waals surface area contributed by atoms with Gasteiger partial charge in [0.2, 0.25) is 0 Å². The minimum absolute atomic E-state index is 0.0199. The molecule has 0 saturated carbocycles. The van der Waals surface area contributed by atoms with E-state index in [0.717, 1.165) is 23.8 Å². The number of rotatable bonds is 5. The number of carboxylic acids is 1. The number of halogens is 1. The highest BCUT2D eigenvalue weighted by Gasteiger charge is 2.10. The van der Waals surface area contributed by atoms with Crippen LogP contribution in [0.2, 0.25) is 0 Å². The van der Waals surface area contributed by atoms with Crippen LogP contribution in [0.3, 0.4) is 0 Å². The smallest absolute Gasteiger partial charge is 0.335 e. The number of nitrogens with one attached hydrogen (secondary N) is 1. The molecule has 2 aromatic carbocycles. The Labute approximate surface area is 119 Å². The number of aromatic carboxylic acids is 1. The normalized spacial score (nSPS) is 10.1. The number of nitro benzene ring substituents is 1. The third kappa shape index (κ3) is 3.53. The molecule has 0 spiro atoms. The fraction of sp³-hybridized carbons (Fsp3) is 0.0714. The highest BCUT2D eigenvalue weighted by atomic mass is 19.1. The topological polar surface area (TPSA) is 92.5 Å². The van der Waals surface area contributed by atoms with Crippen molar-refractivity contribution in [2.24, 2.45) is 0 Å². The van der Waals surface area contributed by atoms with Gasteiger partial charge in [-0.15, -0.1) is 0 Å². The first-order valence-electron chi connectivity index (χ1n) is 5.97. The minimum Gasteiger partial charge on any atom is -0.478 e. The van der Waals surface area contributed by atoms with E-state index in [-0.39, 0.29) is 23.5 Å². The van der Waals surface area contributed by atoms with E-state index in [2.05, 4.69) is 5.32 Å². The monoisotopic (exact) mass is 290 g/mol. The summed E-state index contributed by atoms with van der Waals surface area (Å²) in [5.74, 6) is -1.62. The fourth-order valence-corrected chi connectivity index (χ4v) is 1.72. The van der Waals surface area contributed by atoms with Gasteiger partial charge in [-0.25, -0.2) is 9.18 Å². The predicted octanol–water partition coefficient (Wildman–Crippen LogP) is 3.04. The zero-order valence-corrected chi connectivity index (χ0v) is 10.7. The maximum atomic E-state index is 13.5. The van der Waals surface area contributed by atoms with Crippen LogP contribution in [0.4, 0.5) is 15.8 Å². The predicted molar refractivity (Wildman–Crippen MR) is 73.8 cm³/mol. The summed E-state index contributed by atoms with van der Waals surface area (Å²) < 4.78 is 13.5. The van der Waals surface area contributed by atoms with Crippen molar-refractivity contribution in [3.05, 3.63) is 69.5 Å². The highest BCUT2D eigenvalue weighted by molar-refractivity contribution is 5.87. The lowest BCUT2D eigenvalue weighted by Crippen LogP contribution is -2.03. The Bertz CT molecular complexity index is 686. The van der Waals surface area contributed by atoms with Crippen molar-refractivity contribution in [3.63, 3.8) is 0 Å². The minimum atomic E-state index is -1.03. The molecule has 6 nitrogen and oxygen atoms in total. The summed E-state index contributed by atoms with van der Waals surface area (Å²) in [6, 6.07) is 9.26. The zero-order chi connectivity index (χ0) is 15.4. The fourth-order valence-electron chi connectivity index (χ4n) is 1.72. The number of hydrogen-bond donors (Lipinski definition) is 2. The molecule has 0 saturated heterocycles. The van der Waals surface area contributed by atoms with Gasteiger partial charge in [0.05, 0.1) is 16.2 Å². The van der Waals surface area contributed by atoms with Crippen LogP contribution in [0, 0.1) is 15.9 Å². The Kier molecular flexibility index (Phi) is 4.13. The quantitative estimate of drug-likeness (QED) is 0.652. The van der Waals surface area contributed by atoms with Crippen LogP contribution < -0.4 is 5.32 Å². The van der Waals surface area contributed by atoms with Crippen molar-refractivity contribution in [1.82, 2.24) is 0 Å². The standard InChI is InChI=1S/C14H11FN2O4/c15-12-6-5-11(17(20)21)7-13(12)16-8-9-1-3-10(4-2-9)14(18)19/h1-7,16H,8H2,(H,18,19). The summed E-state index contributed by atoms with van der Waals surface area (Å²) in [5.41, 5.74) is 0.692. The van der Waals surface area contributed by atoms with Gasteiger partial charge >= 0.3 is 5.97 Å². The second kappa shape index (κ2) is 6.00. The van der Waals surface area contributed by atoms with Gasteiger partial charge in [0.1, 0.15) is 5.82 Å². The number of nitrogens with zero attached hydrogens (tertiary/aromatic N) is 1. The Morgan fingerprint density at radius 1 is 1.24 bits per heavy atom. The molecule has 7 heteroatoms. The van der Waals surface area contributed by atoms with E-state index in [9.17, 15) is 19.3 Å². The summed E-state index contributed by atoms with van der Waals surface area (Å²) in [6.07, 6.45) is 0. The molecule has 2 rings (SSSR count). The van der Waals surface area contributed by atoms with Crippen LogP contribution in [-0.4, -0.2) is 16.0 Å². The van der Waals surface area contributed by atoms with Crippen LogP contribution in [-0.2, 0) is 6.54 Å². The van der Waals surface area contributed by atoms with Crippen molar-refractivity contribution in [1.29, 1.82) is 0 Å². The number of non-ortho nitro benzene ring substituents is 1. The van der Waals surface area contributed by atoms with Crippen molar-refractivity contribution in [2.45, 2.75) is 6.54 Å². The number of carbonyl (C=O) groups is 1. The van der Waals surface area contributed by atoms with Crippen LogP contribution in [0.1, 0.15) is 15.9 Å². The maximum Gasteiger partial charge on any atom is 0.335 e. The van der Waals surface area contributed by atoms with Crippen LogP contribution in [0.25, 0.3) is 0 Å². The maximum absolute atomic E-state index is 13.5. The molecule has 2 N–H and O–H groups in total. The molecule has 0 amide bonds. The van der Waals surface area contributed by atoms with Gasteiger partial charge in [0, 0.05) is 18.7 Å². The molecule has 0 unspecified atom stereocenters. The number of nitro groups is 1. The zero-order valence-electron chi connectivity index (χ0n) is 10.7. The molecule has 0 radical (unpaired) electrons. The van der Waals surface area contributed by atoms with Gasteiger partial charge in [0.25, 0.3) is 5.69 Å². The Balaban J connectivity index is 2.10. The molecule has 0 aliphatic rings. The van der Waals surface area contributed by atoms with Crippen LogP contribution >= 0.6 is 0 Å². The van der Waals surface area contributed by atoms with Gasteiger partial charge in [-0.1, -0.05) is 12.1 Å². The van der Waals surface area contributed by atoms with E-state index in [1.54, 1.807) is 12.1 Å². The van der Waals surface area contributed by atoms with E-state index in [4.69, 9.17) is 5.11 Å². The molecular formula is C14H11FN2O4. The Morgan fingerprint density at radius 3 is 2.48 bits per heavy atom. The van der Waals surface area contributed by atoms with Gasteiger partial charge in [0.15, 0.2) is 0 Å². The summed E-state index contributed by atoms with van der Waals surface area (Å²) in [6.45, 7) is 0.220. The molecule has 0 aromatic heterocycles. The lowest BCUT2D eigenvalue weighted by atomic mass is 10.1. The van der Waals surface area contributed by atoms with Gasteiger partial charge in [-0.2, -0.15) is 0 Å². The first-order chi connectivity index (χ1) is 9.97. The third-order valence-corrected chi connectivity index (χ3v) is 2.84. The average molecular weight is 290 g/mol. The molecule has 21 heavy (non-hydrogen) atoms. The van der Waals surface area contributed by atoms with Crippen molar-refractivity contribution < 1.29 is 19.2 Å². The molecular weight excluding hydrogens is 279 g/mol. The molecule has 0 heterocycles. The van der Waals surface area contributed by atoms with Crippen molar-refractivity contribution in [2.75, 3.05) is 5.32 Å². The molecule has 0 aliphatic carbocycles. The molecule has 0 fully saturated rings. The first kappa shape index (κ1) is 14.4. The average Bonchev–Trinajstić information content (AvgIpc) is 2.46. The second-order valence-electron chi connectivity index (χ2n) is 4.28. The number of anilines is 1. The molecule has 0 atom stereocenters. The molecule has 0 aliphatic heterocycles. The summed E-state index contributed by atoms with van der Waals surface area (Å²) in [7, 11) is 0. The third-order valence-electron chi connectivity index (χ3n) is 2.84. The lowest BCUT2D eigenvalue weighted by Gasteiger charge is -2.08.